The smallest absolute Gasteiger partial charge is 0.273 e. The monoisotopic (exact) mass is 317 g/mol. The van der Waals surface area contributed by atoms with Crippen LogP contribution in [-0.4, -0.2) is 41.9 Å². The number of hydrogen-bond donors (Lipinski definition) is 1. The fourth-order valence-corrected chi connectivity index (χ4v) is 2.52. The highest BCUT2D eigenvalue weighted by Crippen LogP contribution is 2.22. The van der Waals surface area contributed by atoms with Crippen molar-refractivity contribution in [3.8, 4) is 0 Å². The zero-order valence-corrected chi connectivity index (χ0v) is 12.4. The molecule has 6 nitrogen and oxygen atoms in total. The van der Waals surface area contributed by atoms with E-state index in [1.54, 1.807) is 11.9 Å². The van der Waals surface area contributed by atoms with Gasteiger partial charge in [-0.3, -0.25) is 14.9 Å². The lowest BCUT2D eigenvalue weighted by Crippen LogP contribution is -2.40. The molecule has 1 saturated heterocycles. The summed E-state index contributed by atoms with van der Waals surface area (Å²) < 4.78 is 13.4. The maximum atomic E-state index is 13.4. The fourth-order valence-electron chi connectivity index (χ4n) is 2.52. The number of nitrogens with one attached hydrogen (secondary N) is 1. The molecule has 0 bridgehead atoms. The predicted octanol–water partition coefficient (Wildman–Crippen LogP) is 1.98. The Morgan fingerprint density at radius 3 is 2.86 bits per heavy atom. The summed E-state index contributed by atoms with van der Waals surface area (Å²) in [5, 5.41) is 13.7. The van der Waals surface area contributed by atoms with E-state index in [1.165, 1.54) is 0 Å². The quantitative estimate of drug-likeness (QED) is 0.680. The van der Waals surface area contributed by atoms with Crippen molar-refractivity contribution in [2.75, 3.05) is 20.1 Å². The predicted molar refractivity (Wildman–Crippen MR) is 78.3 cm³/mol. The van der Waals surface area contributed by atoms with Crippen LogP contribution in [0.5, 0.6) is 0 Å². The zero-order chi connectivity index (χ0) is 14.7. The van der Waals surface area contributed by atoms with Gasteiger partial charge in [0.15, 0.2) is 0 Å². The molecule has 1 aliphatic heterocycles. The summed E-state index contributed by atoms with van der Waals surface area (Å²) >= 11 is 0. The first kappa shape index (κ1) is 17.3. The average molecular weight is 318 g/mol. The number of nitrogens with zero attached hydrogens (tertiary/aromatic N) is 2. The van der Waals surface area contributed by atoms with Gasteiger partial charge < -0.3 is 10.2 Å². The van der Waals surface area contributed by atoms with Crippen molar-refractivity contribution in [1.82, 2.24) is 10.2 Å². The number of likely N-dealkylation sites (tertiary alicyclic amines) is 1. The van der Waals surface area contributed by atoms with Crippen molar-refractivity contribution >= 4 is 24.0 Å². The molecule has 2 rings (SSSR count). The summed E-state index contributed by atoms with van der Waals surface area (Å²) in [5.41, 5.74) is -0.377. The van der Waals surface area contributed by atoms with Crippen LogP contribution >= 0.6 is 12.4 Å². The van der Waals surface area contributed by atoms with E-state index < -0.39 is 16.4 Å². The molecular formula is C13H17ClFN3O3. The van der Waals surface area contributed by atoms with Crippen molar-refractivity contribution in [1.29, 1.82) is 0 Å². The highest BCUT2D eigenvalue weighted by Gasteiger charge is 2.29. The van der Waals surface area contributed by atoms with Gasteiger partial charge in [0.2, 0.25) is 0 Å². The van der Waals surface area contributed by atoms with E-state index in [0.717, 1.165) is 31.0 Å². The van der Waals surface area contributed by atoms with Gasteiger partial charge in [0, 0.05) is 30.8 Å². The van der Waals surface area contributed by atoms with Gasteiger partial charge in [0.25, 0.3) is 11.6 Å². The molecule has 0 aromatic heterocycles. The molecule has 116 valence electrons. The second-order valence-corrected chi connectivity index (χ2v) is 4.81. The third kappa shape index (κ3) is 3.89. The second kappa shape index (κ2) is 7.33. The summed E-state index contributed by atoms with van der Waals surface area (Å²) in [6.45, 7) is 1.25. The molecule has 8 heteroatoms. The number of hydrogen-bond acceptors (Lipinski definition) is 4. The van der Waals surface area contributed by atoms with E-state index >= 15 is 0 Å². The lowest BCUT2D eigenvalue weighted by atomic mass is 10.1. The summed E-state index contributed by atoms with van der Waals surface area (Å²) in [4.78, 5) is 24.0. The number of halogens is 2. The topological polar surface area (TPSA) is 75.5 Å². The fraction of sp³-hybridized carbons (Fsp3) is 0.462. The summed E-state index contributed by atoms with van der Waals surface area (Å²) in [6, 6.07) is 3.03. The van der Waals surface area contributed by atoms with Crippen LogP contribution in [0.1, 0.15) is 23.2 Å². The van der Waals surface area contributed by atoms with Crippen LogP contribution in [0.15, 0.2) is 18.2 Å². The van der Waals surface area contributed by atoms with Crippen LogP contribution in [0.4, 0.5) is 10.1 Å². The maximum absolute atomic E-state index is 13.4. The van der Waals surface area contributed by atoms with Gasteiger partial charge in [-0.1, -0.05) is 0 Å². The molecule has 1 amide bonds. The number of carbonyl (C=O) groups is 1. The number of likely N-dealkylation sites (N-methyl/N-ethyl adjacent to an activating group) is 1. The lowest BCUT2D eigenvalue weighted by molar-refractivity contribution is -0.385. The Hall–Kier alpha value is -1.73. The zero-order valence-electron chi connectivity index (χ0n) is 11.5. The standard InChI is InChI=1S/C13H16FN3O3.ClH/c1-15-8-11-3-2-4-16(11)13(18)9-5-10(14)7-12(6-9)17(19)20;/h5-7,11,15H,2-4,8H2,1H3;1H. The van der Waals surface area contributed by atoms with Crippen molar-refractivity contribution in [3.05, 3.63) is 39.7 Å². The first-order valence-electron chi connectivity index (χ1n) is 6.43. The van der Waals surface area contributed by atoms with Crippen LogP contribution in [-0.2, 0) is 0 Å². The van der Waals surface area contributed by atoms with Crippen molar-refractivity contribution in [3.63, 3.8) is 0 Å². The highest BCUT2D eigenvalue weighted by molar-refractivity contribution is 5.95. The van der Waals surface area contributed by atoms with E-state index in [9.17, 15) is 19.3 Å². The van der Waals surface area contributed by atoms with E-state index in [4.69, 9.17) is 0 Å². The number of benzene rings is 1. The minimum Gasteiger partial charge on any atom is -0.334 e. The molecule has 1 atom stereocenters. The molecule has 1 aliphatic rings. The average Bonchev–Trinajstić information content (AvgIpc) is 2.85. The summed E-state index contributed by atoms with van der Waals surface area (Å²) in [5.74, 6) is -1.13. The van der Waals surface area contributed by atoms with Crippen LogP contribution in [0.2, 0.25) is 0 Å². The first-order valence-corrected chi connectivity index (χ1v) is 6.43. The highest BCUT2D eigenvalue weighted by atomic mass is 35.5. The molecule has 1 N–H and O–H groups in total. The van der Waals surface area contributed by atoms with Crippen molar-refractivity contribution in [2.45, 2.75) is 18.9 Å². The minimum absolute atomic E-state index is 0. The number of non-ortho nitro benzene ring substituents is 1. The van der Waals surface area contributed by atoms with Gasteiger partial charge in [0.05, 0.1) is 11.0 Å². The molecular weight excluding hydrogens is 301 g/mol. The van der Waals surface area contributed by atoms with Crippen molar-refractivity contribution < 1.29 is 14.1 Å². The molecule has 21 heavy (non-hydrogen) atoms. The number of rotatable bonds is 4. The summed E-state index contributed by atoms with van der Waals surface area (Å²) in [7, 11) is 1.80. The van der Waals surface area contributed by atoms with Gasteiger partial charge in [-0.25, -0.2) is 4.39 Å². The van der Waals surface area contributed by atoms with Gasteiger partial charge in [-0.15, -0.1) is 12.4 Å². The molecule has 1 aromatic rings. The van der Waals surface area contributed by atoms with E-state index in [0.29, 0.717) is 13.1 Å². The Morgan fingerprint density at radius 2 is 2.24 bits per heavy atom. The Kier molecular flexibility index (Phi) is 6.04. The van der Waals surface area contributed by atoms with Gasteiger partial charge >= 0.3 is 0 Å². The van der Waals surface area contributed by atoms with Gasteiger partial charge in [-0.2, -0.15) is 0 Å². The minimum atomic E-state index is -0.771. The Balaban J connectivity index is 0.00000220. The molecule has 0 aliphatic carbocycles. The van der Waals surface area contributed by atoms with Crippen LogP contribution < -0.4 is 5.32 Å². The van der Waals surface area contributed by atoms with Crippen LogP contribution in [0.25, 0.3) is 0 Å². The van der Waals surface area contributed by atoms with Crippen molar-refractivity contribution in [2.24, 2.45) is 0 Å². The molecule has 0 spiro atoms. The van der Waals surface area contributed by atoms with Gasteiger partial charge in [0.1, 0.15) is 5.82 Å². The first-order chi connectivity index (χ1) is 9.52. The Labute approximate surface area is 127 Å². The normalized spacial score (nSPS) is 17.4. The number of amides is 1. The van der Waals surface area contributed by atoms with E-state index in [2.05, 4.69) is 5.32 Å². The molecule has 1 aromatic carbocycles. The second-order valence-electron chi connectivity index (χ2n) is 4.81. The number of nitro benzene ring substituents is 1. The van der Waals surface area contributed by atoms with E-state index in [-0.39, 0.29) is 29.9 Å². The van der Waals surface area contributed by atoms with E-state index in [1.807, 2.05) is 0 Å². The molecule has 1 heterocycles. The molecule has 1 fully saturated rings. The van der Waals surface area contributed by atoms with Crippen LogP contribution in [0.3, 0.4) is 0 Å². The largest absolute Gasteiger partial charge is 0.334 e. The Bertz CT molecular complexity index is 541. The lowest BCUT2D eigenvalue weighted by Gasteiger charge is -2.24. The third-order valence-corrected chi connectivity index (χ3v) is 3.42. The molecule has 0 radical (unpaired) electrons. The Morgan fingerprint density at radius 1 is 1.52 bits per heavy atom. The number of carbonyl (C=O) groups excluding carboxylic acids is 1. The molecule has 1 unspecified atom stereocenters. The van der Waals surface area contributed by atoms with Gasteiger partial charge in [-0.05, 0) is 26.0 Å². The number of nitro groups is 1. The maximum Gasteiger partial charge on any atom is 0.273 e. The van der Waals surface area contributed by atoms with Crippen LogP contribution in [0, 0.1) is 15.9 Å². The SMILES string of the molecule is CNCC1CCCN1C(=O)c1cc(F)cc([N+](=O)[O-])c1.Cl. The third-order valence-electron chi connectivity index (χ3n) is 3.42. The molecule has 0 saturated carbocycles. The summed E-state index contributed by atoms with van der Waals surface area (Å²) in [6.07, 6.45) is 1.76.